The number of nitrogens with one attached hydrogen (secondary N) is 1. The predicted molar refractivity (Wildman–Crippen MR) is 72.3 cm³/mol. The monoisotopic (exact) mass is 257 g/mol. The van der Waals surface area contributed by atoms with Crippen LogP contribution in [0.4, 0.5) is 0 Å². The minimum atomic E-state index is -0.828. The van der Waals surface area contributed by atoms with Gasteiger partial charge in [0.25, 0.3) is 0 Å². The normalized spacial score (nSPS) is 13.4. The van der Waals surface area contributed by atoms with E-state index in [1.54, 1.807) is 0 Å². The van der Waals surface area contributed by atoms with Crippen LogP contribution in [0.2, 0.25) is 0 Å². The lowest BCUT2D eigenvalue weighted by Crippen LogP contribution is -2.47. The minimum Gasteiger partial charge on any atom is -0.481 e. The second kappa shape index (κ2) is 7.39. The van der Waals surface area contributed by atoms with Crippen LogP contribution in [0.15, 0.2) is 0 Å². The minimum absolute atomic E-state index is 0.0131. The smallest absolute Gasteiger partial charge is 0.303 e. The van der Waals surface area contributed by atoms with E-state index in [2.05, 4.69) is 12.2 Å². The van der Waals surface area contributed by atoms with E-state index >= 15 is 0 Å². The van der Waals surface area contributed by atoms with Gasteiger partial charge in [0.15, 0.2) is 0 Å². The number of rotatable bonds is 8. The highest BCUT2D eigenvalue weighted by Gasteiger charge is 2.27. The first-order valence-electron chi connectivity index (χ1n) is 6.73. The van der Waals surface area contributed by atoms with Gasteiger partial charge in [0.05, 0.1) is 0 Å². The first-order valence-corrected chi connectivity index (χ1v) is 6.73. The maximum Gasteiger partial charge on any atom is 0.303 e. The van der Waals surface area contributed by atoms with Crippen molar-refractivity contribution in [3.8, 4) is 0 Å². The zero-order valence-corrected chi connectivity index (χ0v) is 12.2. The zero-order chi connectivity index (χ0) is 14.3. The van der Waals surface area contributed by atoms with Crippen LogP contribution in [0, 0.1) is 11.8 Å². The average molecular weight is 257 g/mol. The lowest BCUT2D eigenvalue weighted by Gasteiger charge is -2.29. The fourth-order valence-corrected chi connectivity index (χ4v) is 1.99. The summed E-state index contributed by atoms with van der Waals surface area (Å²) in [5.41, 5.74) is -0.462. The Morgan fingerprint density at radius 2 is 1.83 bits per heavy atom. The Morgan fingerprint density at radius 3 is 2.22 bits per heavy atom. The van der Waals surface area contributed by atoms with E-state index in [9.17, 15) is 9.59 Å². The molecule has 0 heterocycles. The van der Waals surface area contributed by atoms with E-state index in [1.165, 1.54) is 0 Å². The number of carboxylic acids is 1. The predicted octanol–water partition coefficient (Wildman–Crippen LogP) is 2.82. The molecule has 1 unspecified atom stereocenters. The van der Waals surface area contributed by atoms with Crippen LogP contribution >= 0.6 is 0 Å². The SMILES string of the molecule is CCCC(C(=O)NC(C)(C)CCC(=O)O)C(C)C. The van der Waals surface area contributed by atoms with Crippen molar-refractivity contribution < 1.29 is 14.7 Å². The molecule has 18 heavy (non-hydrogen) atoms. The van der Waals surface area contributed by atoms with Gasteiger partial charge in [-0.1, -0.05) is 27.2 Å². The Balaban J connectivity index is 4.45. The van der Waals surface area contributed by atoms with Gasteiger partial charge in [0, 0.05) is 17.9 Å². The summed E-state index contributed by atoms with van der Waals surface area (Å²) in [5, 5.41) is 11.7. The van der Waals surface area contributed by atoms with Crippen LogP contribution in [-0.2, 0) is 9.59 Å². The van der Waals surface area contributed by atoms with Crippen molar-refractivity contribution in [3.05, 3.63) is 0 Å². The van der Waals surface area contributed by atoms with Crippen LogP contribution in [0.1, 0.15) is 60.3 Å². The van der Waals surface area contributed by atoms with Crippen molar-refractivity contribution in [1.82, 2.24) is 5.32 Å². The van der Waals surface area contributed by atoms with Gasteiger partial charge < -0.3 is 10.4 Å². The van der Waals surface area contributed by atoms with E-state index in [-0.39, 0.29) is 18.2 Å². The maximum atomic E-state index is 12.2. The number of hydrogen-bond acceptors (Lipinski definition) is 2. The number of hydrogen-bond donors (Lipinski definition) is 2. The summed E-state index contributed by atoms with van der Waals surface area (Å²) in [4.78, 5) is 22.7. The zero-order valence-electron chi connectivity index (χ0n) is 12.2. The van der Waals surface area contributed by atoms with Crippen molar-refractivity contribution in [3.63, 3.8) is 0 Å². The number of aliphatic carboxylic acids is 1. The summed E-state index contributed by atoms with van der Waals surface area (Å²) in [7, 11) is 0. The van der Waals surface area contributed by atoms with Crippen LogP contribution in [-0.4, -0.2) is 22.5 Å². The molecule has 0 radical (unpaired) electrons. The van der Waals surface area contributed by atoms with Crippen molar-refractivity contribution >= 4 is 11.9 Å². The molecule has 0 aliphatic rings. The van der Waals surface area contributed by atoms with Crippen molar-refractivity contribution in [2.45, 2.75) is 65.8 Å². The second-order valence-corrected chi connectivity index (χ2v) is 5.91. The van der Waals surface area contributed by atoms with Gasteiger partial charge in [-0.2, -0.15) is 0 Å². The van der Waals surface area contributed by atoms with Gasteiger partial charge in [0.2, 0.25) is 5.91 Å². The van der Waals surface area contributed by atoms with Crippen LogP contribution in [0.3, 0.4) is 0 Å². The van der Waals surface area contributed by atoms with E-state index in [0.717, 1.165) is 12.8 Å². The van der Waals surface area contributed by atoms with Gasteiger partial charge in [-0.05, 0) is 32.6 Å². The molecule has 1 amide bonds. The summed E-state index contributed by atoms with van der Waals surface area (Å²) < 4.78 is 0. The lowest BCUT2D eigenvalue weighted by atomic mass is 9.89. The maximum absolute atomic E-state index is 12.2. The van der Waals surface area contributed by atoms with Gasteiger partial charge >= 0.3 is 5.97 Å². The molecule has 0 spiro atoms. The molecular formula is C14H27NO3. The number of carbonyl (C=O) groups is 2. The highest BCUT2D eigenvalue weighted by Crippen LogP contribution is 2.20. The molecule has 0 aromatic carbocycles. The quantitative estimate of drug-likeness (QED) is 0.702. The Kier molecular flexibility index (Phi) is 6.96. The fraction of sp³-hybridized carbons (Fsp3) is 0.857. The third-order valence-electron chi connectivity index (χ3n) is 3.17. The molecule has 0 saturated carbocycles. The Morgan fingerprint density at radius 1 is 1.28 bits per heavy atom. The fourth-order valence-electron chi connectivity index (χ4n) is 1.99. The van der Waals surface area contributed by atoms with E-state index in [4.69, 9.17) is 5.11 Å². The Bertz CT molecular complexity index is 285. The van der Waals surface area contributed by atoms with Crippen molar-refractivity contribution in [2.24, 2.45) is 11.8 Å². The summed E-state index contributed by atoms with van der Waals surface area (Å²) in [6.45, 7) is 9.90. The van der Waals surface area contributed by atoms with E-state index < -0.39 is 11.5 Å². The summed E-state index contributed by atoms with van der Waals surface area (Å²) in [5.74, 6) is -0.465. The lowest BCUT2D eigenvalue weighted by molar-refractivity contribution is -0.138. The first-order chi connectivity index (χ1) is 8.19. The Hall–Kier alpha value is -1.06. The van der Waals surface area contributed by atoms with Gasteiger partial charge in [-0.3, -0.25) is 9.59 Å². The van der Waals surface area contributed by atoms with Gasteiger partial charge in [-0.25, -0.2) is 0 Å². The summed E-state index contributed by atoms with van der Waals surface area (Å²) in [6, 6.07) is 0. The van der Waals surface area contributed by atoms with Crippen LogP contribution < -0.4 is 5.32 Å². The largest absolute Gasteiger partial charge is 0.481 e. The molecule has 4 heteroatoms. The average Bonchev–Trinajstić information content (AvgIpc) is 2.22. The van der Waals surface area contributed by atoms with Gasteiger partial charge in [-0.15, -0.1) is 0 Å². The van der Waals surface area contributed by atoms with Gasteiger partial charge in [0.1, 0.15) is 0 Å². The Labute approximate surface area is 110 Å². The molecular weight excluding hydrogens is 230 g/mol. The van der Waals surface area contributed by atoms with Crippen molar-refractivity contribution in [2.75, 3.05) is 0 Å². The molecule has 106 valence electrons. The first kappa shape index (κ1) is 16.9. The molecule has 4 nitrogen and oxygen atoms in total. The topological polar surface area (TPSA) is 66.4 Å². The highest BCUT2D eigenvalue weighted by atomic mass is 16.4. The molecule has 0 fully saturated rings. The number of carboxylic acid groups (broad SMARTS) is 1. The molecule has 1 atom stereocenters. The molecule has 0 aliphatic heterocycles. The summed E-state index contributed by atoms with van der Waals surface area (Å²) in [6.07, 6.45) is 2.38. The standard InChI is InChI=1S/C14H27NO3/c1-6-7-11(10(2)3)13(18)15-14(4,5)9-8-12(16)17/h10-11H,6-9H2,1-5H3,(H,15,18)(H,16,17). The van der Waals surface area contributed by atoms with E-state index in [1.807, 2.05) is 27.7 Å². The van der Waals surface area contributed by atoms with Crippen molar-refractivity contribution in [1.29, 1.82) is 0 Å². The van der Waals surface area contributed by atoms with Crippen LogP contribution in [0.5, 0.6) is 0 Å². The van der Waals surface area contributed by atoms with Crippen LogP contribution in [0.25, 0.3) is 0 Å². The molecule has 0 saturated heterocycles. The number of amides is 1. The highest BCUT2D eigenvalue weighted by molar-refractivity contribution is 5.79. The second-order valence-electron chi connectivity index (χ2n) is 5.91. The number of carbonyl (C=O) groups excluding carboxylic acids is 1. The third-order valence-corrected chi connectivity index (χ3v) is 3.17. The molecule has 0 aliphatic carbocycles. The van der Waals surface area contributed by atoms with E-state index in [0.29, 0.717) is 12.3 Å². The molecule has 2 N–H and O–H groups in total. The molecule has 0 bridgehead atoms. The summed E-state index contributed by atoms with van der Waals surface area (Å²) >= 11 is 0. The molecule has 0 rings (SSSR count). The molecule has 0 aromatic rings. The molecule has 0 aromatic heterocycles. The third kappa shape index (κ3) is 6.62.